The summed E-state index contributed by atoms with van der Waals surface area (Å²) in [6.07, 6.45) is 0. The lowest BCUT2D eigenvalue weighted by Gasteiger charge is -2.07. The van der Waals surface area contributed by atoms with Gasteiger partial charge in [-0.1, -0.05) is 53.5 Å². The molecule has 0 heterocycles. The van der Waals surface area contributed by atoms with Gasteiger partial charge in [0.2, 0.25) is 0 Å². The third kappa shape index (κ3) is 2.94. The van der Waals surface area contributed by atoms with E-state index in [0.29, 0.717) is 33.4 Å². The number of carbonyl (C=O) groups is 2. The molecule has 0 unspecified atom stereocenters. The molecule has 116 valence electrons. The Morgan fingerprint density at radius 2 is 1.61 bits per heavy atom. The molecule has 1 aliphatic rings. The highest BCUT2D eigenvalue weighted by molar-refractivity contribution is 6.42. The van der Waals surface area contributed by atoms with E-state index in [9.17, 15) is 9.59 Å². The van der Waals surface area contributed by atoms with Crippen molar-refractivity contribution in [2.24, 2.45) is 10.9 Å². The zero-order chi connectivity index (χ0) is 16.6. The lowest BCUT2D eigenvalue weighted by molar-refractivity contribution is 0.0883. The highest BCUT2D eigenvalue weighted by atomic mass is 35.5. The molecule has 3 rings (SSSR count). The van der Waals surface area contributed by atoms with Crippen molar-refractivity contribution < 1.29 is 9.59 Å². The fourth-order valence-corrected chi connectivity index (χ4v) is 2.99. The number of Topliss-reactive ketones (excluding diaryl/α,β-unsaturated/α-hetero) is 2. The number of hydrogen-bond donors (Lipinski definition) is 0. The van der Waals surface area contributed by atoms with E-state index in [2.05, 4.69) is 4.99 Å². The van der Waals surface area contributed by atoms with Gasteiger partial charge in [-0.15, -0.1) is 0 Å². The van der Waals surface area contributed by atoms with Gasteiger partial charge in [0.05, 0.1) is 16.6 Å². The summed E-state index contributed by atoms with van der Waals surface area (Å²) in [5, 5.41) is 0.935. The Morgan fingerprint density at radius 1 is 1.00 bits per heavy atom. The second-order valence-electron chi connectivity index (χ2n) is 5.41. The van der Waals surface area contributed by atoms with Gasteiger partial charge >= 0.3 is 0 Å². The molecule has 23 heavy (non-hydrogen) atoms. The van der Waals surface area contributed by atoms with E-state index in [1.807, 2.05) is 6.07 Å². The highest BCUT2D eigenvalue weighted by Crippen LogP contribution is 2.28. The van der Waals surface area contributed by atoms with Gasteiger partial charge in [0.15, 0.2) is 11.6 Å². The van der Waals surface area contributed by atoms with Crippen molar-refractivity contribution in [3.63, 3.8) is 0 Å². The summed E-state index contributed by atoms with van der Waals surface area (Å²) in [6, 6.07) is 12.1. The first-order chi connectivity index (χ1) is 11.0. The summed E-state index contributed by atoms with van der Waals surface area (Å²) < 4.78 is 0. The second kappa shape index (κ2) is 6.26. The van der Waals surface area contributed by atoms with Crippen LogP contribution >= 0.6 is 23.2 Å². The molecule has 3 nitrogen and oxygen atoms in total. The lowest BCUT2D eigenvalue weighted by Crippen LogP contribution is -2.23. The zero-order valence-corrected chi connectivity index (χ0v) is 13.9. The summed E-state index contributed by atoms with van der Waals surface area (Å²) >= 11 is 11.9. The normalized spacial score (nSPS) is 15.2. The van der Waals surface area contributed by atoms with E-state index in [-0.39, 0.29) is 11.6 Å². The van der Waals surface area contributed by atoms with Gasteiger partial charge in [0, 0.05) is 16.8 Å². The van der Waals surface area contributed by atoms with Crippen LogP contribution in [0.2, 0.25) is 10.0 Å². The third-order valence-electron chi connectivity index (χ3n) is 3.90. The Labute approximate surface area is 143 Å². The average molecular weight is 346 g/mol. The van der Waals surface area contributed by atoms with E-state index in [4.69, 9.17) is 23.2 Å². The van der Waals surface area contributed by atoms with Gasteiger partial charge in [-0.05, 0) is 24.6 Å². The first kappa shape index (κ1) is 15.9. The Kier molecular flexibility index (Phi) is 4.33. The van der Waals surface area contributed by atoms with E-state index < -0.39 is 5.92 Å². The molecule has 0 bridgehead atoms. The Morgan fingerprint density at radius 3 is 2.17 bits per heavy atom. The Hall–Kier alpha value is -1.97. The highest BCUT2D eigenvalue weighted by Gasteiger charge is 2.39. The number of nitrogens with zero attached hydrogens (tertiary/aromatic N) is 1. The zero-order valence-electron chi connectivity index (χ0n) is 12.3. The van der Waals surface area contributed by atoms with Gasteiger partial charge in [-0.3, -0.25) is 14.6 Å². The molecule has 0 aliphatic heterocycles. The summed E-state index contributed by atoms with van der Waals surface area (Å²) in [4.78, 5) is 29.2. The largest absolute Gasteiger partial charge is 0.293 e. The summed E-state index contributed by atoms with van der Waals surface area (Å²) in [6.45, 7) is 2.06. The third-order valence-corrected chi connectivity index (χ3v) is 4.63. The number of carbonyl (C=O) groups excluding carboxylic acids is 2. The van der Waals surface area contributed by atoms with Crippen LogP contribution in [0, 0.1) is 5.92 Å². The summed E-state index contributed by atoms with van der Waals surface area (Å²) in [5.74, 6) is -1.17. The van der Waals surface area contributed by atoms with Crippen LogP contribution in [-0.2, 0) is 6.54 Å². The van der Waals surface area contributed by atoms with E-state index >= 15 is 0 Å². The van der Waals surface area contributed by atoms with Crippen molar-refractivity contribution >= 4 is 40.5 Å². The molecule has 0 radical (unpaired) electrons. The van der Waals surface area contributed by atoms with Crippen LogP contribution in [0.25, 0.3) is 0 Å². The van der Waals surface area contributed by atoms with Crippen LogP contribution in [0.1, 0.15) is 33.2 Å². The number of fused-ring (bicyclic) bond motifs is 1. The van der Waals surface area contributed by atoms with E-state index in [0.717, 1.165) is 5.56 Å². The first-order valence-corrected chi connectivity index (χ1v) is 7.87. The molecule has 1 aliphatic carbocycles. The molecule has 2 aromatic rings. The standard InChI is InChI=1S/C18H13Cl2NO2/c1-10(21-9-11-6-7-14(19)15(20)8-11)16-17(22)12-4-2-3-5-13(12)18(16)23/h2-8,16H,9H2,1H3. The predicted molar refractivity (Wildman–Crippen MR) is 91.9 cm³/mol. The number of halogens is 2. The molecule has 0 saturated carbocycles. The van der Waals surface area contributed by atoms with Gasteiger partial charge in [-0.2, -0.15) is 0 Å². The lowest BCUT2D eigenvalue weighted by atomic mass is 9.99. The summed E-state index contributed by atoms with van der Waals surface area (Å²) in [7, 11) is 0. The molecule has 0 atom stereocenters. The topological polar surface area (TPSA) is 46.5 Å². The van der Waals surface area contributed by atoms with Gasteiger partial charge < -0.3 is 0 Å². The van der Waals surface area contributed by atoms with Crippen molar-refractivity contribution in [2.75, 3.05) is 0 Å². The Balaban J connectivity index is 1.83. The minimum absolute atomic E-state index is 0.180. The van der Waals surface area contributed by atoms with Crippen molar-refractivity contribution in [3.05, 3.63) is 69.2 Å². The molecule has 2 aromatic carbocycles. The van der Waals surface area contributed by atoms with Crippen LogP contribution in [0.4, 0.5) is 0 Å². The van der Waals surface area contributed by atoms with Gasteiger partial charge in [0.25, 0.3) is 0 Å². The molecular formula is C18H13Cl2NO2. The maximum Gasteiger partial charge on any atom is 0.180 e. The fraction of sp³-hybridized carbons (Fsp3) is 0.167. The molecule has 0 N–H and O–H groups in total. The van der Waals surface area contributed by atoms with Gasteiger partial charge in [0.1, 0.15) is 5.92 Å². The molecular weight excluding hydrogens is 333 g/mol. The van der Waals surface area contributed by atoms with Crippen LogP contribution in [0.15, 0.2) is 47.5 Å². The summed E-state index contributed by atoms with van der Waals surface area (Å²) in [5.41, 5.74) is 2.34. The second-order valence-corrected chi connectivity index (χ2v) is 6.23. The quantitative estimate of drug-likeness (QED) is 0.600. The Bertz CT molecular complexity index is 808. The van der Waals surface area contributed by atoms with Crippen LogP contribution in [0.3, 0.4) is 0 Å². The fourth-order valence-electron chi connectivity index (χ4n) is 2.67. The SMILES string of the molecule is CC(=NCc1ccc(Cl)c(Cl)c1)C1C(=O)c2ccccc2C1=O. The minimum Gasteiger partial charge on any atom is -0.293 e. The van der Waals surface area contributed by atoms with E-state index in [1.165, 1.54) is 0 Å². The van der Waals surface area contributed by atoms with Crippen molar-refractivity contribution in [1.29, 1.82) is 0 Å². The minimum atomic E-state index is -0.810. The molecule has 5 heteroatoms. The predicted octanol–water partition coefficient (Wildman–Crippen LogP) is 4.65. The smallest absolute Gasteiger partial charge is 0.180 e. The van der Waals surface area contributed by atoms with E-state index in [1.54, 1.807) is 43.3 Å². The maximum atomic E-state index is 12.4. The van der Waals surface area contributed by atoms with Crippen molar-refractivity contribution in [1.82, 2.24) is 0 Å². The average Bonchev–Trinajstić information content (AvgIpc) is 2.80. The van der Waals surface area contributed by atoms with Crippen LogP contribution < -0.4 is 0 Å². The number of rotatable bonds is 3. The number of benzene rings is 2. The number of aliphatic imine (C=N–C) groups is 1. The first-order valence-electron chi connectivity index (χ1n) is 7.11. The molecule has 0 spiro atoms. The monoisotopic (exact) mass is 345 g/mol. The van der Waals surface area contributed by atoms with Crippen molar-refractivity contribution in [3.8, 4) is 0 Å². The van der Waals surface area contributed by atoms with Crippen LogP contribution in [0.5, 0.6) is 0 Å². The number of ketones is 2. The number of hydrogen-bond acceptors (Lipinski definition) is 3. The van der Waals surface area contributed by atoms with Crippen LogP contribution in [-0.4, -0.2) is 17.3 Å². The molecule has 0 amide bonds. The molecule has 0 saturated heterocycles. The molecule has 0 aromatic heterocycles. The van der Waals surface area contributed by atoms with Gasteiger partial charge in [-0.25, -0.2) is 0 Å². The van der Waals surface area contributed by atoms with Crippen molar-refractivity contribution in [2.45, 2.75) is 13.5 Å². The maximum absolute atomic E-state index is 12.4. The molecule has 0 fully saturated rings.